The highest BCUT2D eigenvalue weighted by Gasteiger charge is 2.29. The van der Waals surface area contributed by atoms with Crippen molar-refractivity contribution in [2.75, 3.05) is 51.3 Å². The summed E-state index contributed by atoms with van der Waals surface area (Å²) >= 11 is 3.48. The number of anilines is 1. The molecule has 2 heterocycles. The van der Waals surface area contributed by atoms with Crippen molar-refractivity contribution >= 4 is 33.4 Å². The SMILES string of the molecule is Cc1ccc(NC(=O)CN2CCC(C(=O)N3CCOCC3)CC2)c(Br)c1. The summed E-state index contributed by atoms with van der Waals surface area (Å²) in [5.74, 6) is 0.312. The van der Waals surface area contributed by atoms with Gasteiger partial charge in [-0.2, -0.15) is 0 Å². The summed E-state index contributed by atoms with van der Waals surface area (Å²) in [4.78, 5) is 28.9. The number of benzene rings is 1. The van der Waals surface area contributed by atoms with E-state index in [1.807, 2.05) is 30.0 Å². The lowest BCUT2D eigenvalue weighted by atomic mass is 9.95. The number of hydrogen-bond acceptors (Lipinski definition) is 4. The van der Waals surface area contributed by atoms with Crippen LogP contribution in [-0.4, -0.2) is 67.6 Å². The van der Waals surface area contributed by atoms with Crippen LogP contribution in [0.1, 0.15) is 18.4 Å². The minimum atomic E-state index is -0.0208. The molecule has 2 amide bonds. The molecule has 142 valence electrons. The first kappa shape index (κ1) is 19.3. The van der Waals surface area contributed by atoms with Crippen LogP contribution in [-0.2, 0) is 14.3 Å². The van der Waals surface area contributed by atoms with Crippen molar-refractivity contribution < 1.29 is 14.3 Å². The number of nitrogens with zero attached hydrogens (tertiary/aromatic N) is 2. The molecule has 1 N–H and O–H groups in total. The molecule has 7 heteroatoms. The Morgan fingerprint density at radius 2 is 1.88 bits per heavy atom. The average Bonchev–Trinajstić information content (AvgIpc) is 2.65. The fourth-order valence-electron chi connectivity index (χ4n) is 3.49. The Kier molecular flexibility index (Phi) is 6.67. The third kappa shape index (κ3) is 5.05. The van der Waals surface area contributed by atoms with E-state index in [1.165, 1.54) is 0 Å². The Morgan fingerprint density at radius 1 is 1.19 bits per heavy atom. The van der Waals surface area contributed by atoms with Crippen LogP contribution in [0.25, 0.3) is 0 Å². The van der Waals surface area contributed by atoms with Crippen molar-refractivity contribution in [2.24, 2.45) is 5.92 Å². The second-order valence-electron chi connectivity index (χ2n) is 7.02. The molecule has 2 aliphatic heterocycles. The van der Waals surface area contributed by atoms with Crippen LogP contribution < -0.4 is 5.32 Å². The van der Waals surface area contributed by atoms with Crippen LogP contribution in [0, 0.1) is 12.8 Å². The molecule has 0 radical (unpaired) electrons. The molecule has 2 fully saturated rings. The normalized spacial score (nSPS) is 19.4. The van der Waals surface area contributed by atoms with Crippen LogP contribution in [0.3, 0.4) is 0 Å². The molecule has 0 unspecified atom stereocenters. The van der Waals surface area contributed by atoms with Crippen molar-refractivity contribution in [3.05, 3.63) is 28.2 Å². The number of morpholine rings is 1. The molecule has 2 aliphatic rings. The Hall–Kier alpha value is -1.44. The zero-order valence-corrected chi connectivity index (χ0v) is 16.8. The molecule has 6 nitrogen and oxygen atoms in total. The van der Waals surface area contributed by atoms with Crippen molar-refractivity contribution in [2.45, 2.75) is 19.8 Å². The van der Waals surface area contributed by atoms with Crippen molar-refractivity contribution in [3.8, 4) is 0 Å². The topological polar surface area (TPSA) is 61.9 Å². The number of piperidine rings is 1. The summed E-state index contributed by atoms with van der Waals surface area (Å²) in [6, 6.07) is 5.87. The molecule has 0 atom stereocenters. The third-order valence-corrected chi connectivity index (χ3v) is 5.68. The predicted molar refractivity (Wildman–Crippen MR) is 104 cm³/mol. The van der Waals surface area contributed by atoms with Gasteiger partial charge in [0.15, 0.2) is 0 Å². The molecular formula is C19H26BrN3O3. The van der Waals surface area contributed by atoms with Gasteiger partial charge in [0.1, 0.15) is 0 Å². The number of rotatable bonds is 4. The second-order valence-corrected chi connectivity index (χ2v) is 7.87. The Labute approximate surface area is 163 Å². The summed E-state index contributed by atoms with van der Waals surface area (Å²) < 4.78 is 6.20. The van der Waals surface area contributed by atoms with Crippen LogP contribution in [0.15, 0.2) is 22.7 Å². The monoisotopic (exact) mass is 423 g/mol. The zero-order chi connectivity index (χ0) is 18.5. The molecule has 0 aliphatic carbocycles. The number of hydrogen-bond donors (Lipinski definition) is 1. The molecule has 3 rings (SSSR count). The van der Waals surface area contributed by atoms with E-state index >= 15 is 0 Å². The van der Waals surface area contributed by atoms with Gasteiger partial charge in [0.05, 0.1) is 25.4 Å². The standard InChI is InChI=1S/C19H26BrN3O3/c1-14-2-3-17(16(20)12-14)21-18(24)13-22-6-4-15(5-7-22)19(25)23-8-10-26-11-9-23/h2-3,12,15H,4-11,13H2,1H3,(H,21,24). The van der Waals surface area contributed by atoms with Crippen LogP contribution in [0.5, 0.6) is 0 Å². The fourth-order valence-corrected chi connectivity index (χ4v) is 4.09. The molecule has 0 bridgehead atoms. The molecule has 1 aromatic carbocycles. The largest absolute Gasteiger partial charge is 0.378 e. The number of carbonyl (C=O) groups excluding carboxylic acids is 2. The van der Waals surface area contributed by atoms with Gasteiger partial charge in [-0.3, -0.25) is 14.5 Å². The van der Waals surface area contributed by atoms with E-state index in [2.05, 4.69) is 26.1 Å². The molecular weight excluding hydrogens is 398 g/mol. The minimum Gasteiger partial charge on any atom is -0.378 e. The highest BCUT2D eigenvalue weighted by molar-refractivity contribution is 9.10. The van der Waals surface area contributed by atoms with Gasteiger partial charge < -0.3 is 15.0 Å². The van der Waals surface area contributed by atoms with Crippen LogP contribution in [0.2, 0.25) is 0 Å². The van der Waals surface area contributed by atoms with Gasteiger partial charge in [0, 0.05) is 23.5 Å². The summed E-state index contributed by atoms with van der Waals surface area (Å²) in [7, 11) is 0. The first-order chi connectivity index (χ1) is 12.5. The molecule has 0 spiro atoms. The third-order valence-electron chi connectivity index (χ3n) is 5.03. The van der Waals surface area contributed by atoms with Gasteiger partial charge in [0.25, 0.3) is 0 Å². The van der Waals surface area contributed by atoms with Gasteiger partial charge in [-0.15, -0.1) is 0 Å². The fraction of sp³-hybridized carbons (Fsp3) is 0.579. The van der Waals surface area contributed by atoms with Crippen molar-refractivity contribution in [1.82, 2.24) is 9.80 Å². The van der Waals surface area contributed by atoms with E-state index in [1.54, 1.807) is 0 Å². The van der Waals surface area contributed by atoms with Gasteiger partial charge in [-0.05, 0) is 66.5 Å². The first-order valence-corrected chi connectivity index (χ1v) is 9.97. The first-order valence-electron chi connectivity index (χ1n) is 9.18. The minimum absolute atomic E-state index is 0.0208. The highest BCUT2D eigenvalue weighted by atomic mass is 79.9. The number of halogens is 1. The number of nitrogens with one attached hydrogen (secondary N) is 1. The lowest BCUT2D eigenvalue weighted by Crippen LogP contribution is -2.47. The summed E-state index contributed by atoms with van der Waals surface area (Å²) in [5, 5.41) is 2.95. The van der Waals surface area contributed by atoms with E-state index < -0.39 is 0 Å². The van der Waals surface area contributed by atoms with Crippen LogP contribution in [0.4, 0.5) is 5.69 Å². The average molecular weight is 424 g/mol. The lowest BCUT2D eigenvalue weighted by Gasteiger charge is -2.35. The second kappa shape index (κ2) is 8.97. The number of carbonyl (C=O) groups is 2. The van der Waals surface area contributed by atoms with Gasteiger partial charge in [-0.25, -0.2) is 0 Å². The maximum Gasteiger partial charge on any atom is 0.238 e. The molecule has 1 aromatic rings. The van der Waals surface area contributed by atoms with E-state index in [-0.39, 0.29) is 17.7 Å². The number of likely N-dealkylation sites (tertiary alicyclic amines) is 1. The number of aryl methyl sites for hydroxylation is 1. The maximum absolute atomic E-state index is 12.6. The zero-order valence-electron chi connectivity index (χ0n) is 15.2. The van der Waals surface area contributed by atoms with Crippen molar-refractivity contribution in [1.29, 1.82) is 0 Å². The van der Waals surface area contributed by atoms with Gasteiger partial charge in [0.2, 0.25) is 11.8 Å². The highest BCUT2D eigenvalue weighted by Crippen LogP contribution is 2.24. The summed E-state index contributed by atoms with van der Waals surface area (Å²) in [6.07, 6.45) is 1.63. The molecule has 0 saturated carbocycles. The Balaban J connectivity index is 1.44. The number of amides is 2. The predicted octanol–water partition coefficient (Wildman–Crippen LogP) is 2.27. The van der Waals surface area contributed by atoms with Crippen LogP contribution >= 0.6 is 15.9 Å². The van der Waals surface area contributed by atoms with Crippen molar-refractivity contribution in [3.63, 3.8) is 0 Å². The quantitative estimate of drug-likeness (QED) is 0.806. The van der Waals surface area contributed by atoms with Gasteiger partial charge in [-0.1, -0.05) is 6.07 Å². The smallest absolute Gasteiger partial charge is 0.238 e. The molecule has 0 aromatic heterocycles. The molecule has 2 saturated heterocycles. The van der Waals surface area contributed by atoms with Gasteiger partial charge >= 0.3 is 0 Å². The van der Waals surface area contributed by atoms with E-state index in [4.69, 9.17) is 4.74 Å². The van der Waals surface area contributed by atoms with E-state index in [0.717, 1.165) is 41.7 Å². The lowest BCUT2D eigenvalue weighted by molar-refractivity contribution is -0.141. The summed E-state index contributed by atoms with van der Waals surface area (Å²) in [5.41, 5.74) is 1.93. The Morgan fingerprint density at radius 3 is 2.54 bits per heavy atom. The molecule has 26 heavy (non-hydrogen) atoms. The summed E-state index contributed by atoms with van der Waals surface area (Å²) in [6.45, 7) is 6.61. The number of ether oxygens (including phenoxy) is 1. The van der Waals surface area contributed by atoms with E-state index in [9.17, 15) is 9.59 Å². The Bertz CT molecular complexity index is 653. The maximum atomic E-state index is 12.6. The van der Waals surface area contributed by atoms with E-state index in [0.29, 0.717) is 32.8 Å².